The highest BCUT2D eigenvalue weighted by Crippen LogP contribution is 2.25. The molecule has 1 aliphatic rings. The van der Waals surface area contributed by atoms with Crippen molar-refractivity contribution in [3.63, 3.8) is 0 Å². The first-order chi connectivity index (χ1) is 8.97. The van der Waals surface area contributed by atoms with Crippen LogP contribution in [0.15, 0.2) is 22.8 Å². The summed E-state index contributed by atoms with van der Waals surface area (Å²) < 4.78 is 0.886. The zero-order valence-electron chi connectivity index (χ0n) is 10.9. The Hall–Kier alpha value is -1.43. The normalized spacial score (nSPS) is 23.4. The molecule has 102 valence electrons. The van der Waals surface area contributed by atoms with Crippen LogP contribution in [0.25, 0.3) is 0 Å². The van der Waals surface area contributed by atoms with E-state index in [2.05, 4.69) is 26.2 Å². The average molecular weight is 326 g/mol. The molecule has 1 fully saturated rings. The van der Waals surface area contributed by atoms with Crippen LogP contribution < -0.4 is 5.32 Å². The van der Waals surface area contributed by atoms with Crippen LogP contribution in [-0.4, -0.2) is 33.8 Å². The van der Waals surface area contributed by atoms with Gasteiger partial charge in [0.15, 0.2) is 0 Å². The number of aromatic nitrogens is 1. The molecule has 2 heterocycles. The number of amides is 2. The number of rotatable bonds is 3. The molecule has 1 unspecified atom stereocenters. The van der Waals surface area contributed by atoms with Crippen LogP contribution in [0.1, 0.15) is 26.0 Å². The fourth-order valence-electron chi connectivity index (χ4n) is 2.12. The van der Waals surface area contributed by atoms with Gasteiger partial charge in [0.25, 0.3) is 0 Å². The molecule has 1 aromatic rings. The predicted octanol–water partition coefficient (Wildman–Crippen LogP) is 1.47. The van der Waals surface area contributed by atoms with Crippen molar-refractivity contribution in [1.29, 1.82) is 0 Å². The number of piperazine rings is 1. The van der Waals surface area contributed by atoms with Crippen molar-refractivity contribution in [3.8, 4) is 0 Å². The van der Waals surface area contributed by atoms with Gasteiger partial charge in [-0.1, -0.05) is 6.92 Å². The van der Waals surface area contributed by atoms with Gasteiger partial charge in [-0.05, 0) is 41.4 Å². The third kappa shape index (κ3) is 2.63. The Morgan fingerprint density at radius 1 is 1.47 bits per heavy atom. The van der Waals surface area contributed by atoms with E-state index in [1.165, 1.54) is 0 Å². The summed E-state index contributed by atoms with van der Waals surface area (Å²) >= 11 is 3.32. The second-order valence-corrected chi connectivity index (χ2v) is 5.67. The molecular formula is C13H16BrN3O2. The molecule has 19 heavy (non-hydrogen) atoms. The summed E-state index contributed by atoms with van der Waals surface area (Å²) in [6.07, 6.45) is 2.26. The van der Waals surface area contributed by atoms with E-state index in [9.17, 15) is 9.59 Å². The maximum atomic E-state index is 12.1. The second kappa shape index (κ2) is 5.28. The summed E-state index contributed by atoms with van der Waals surface area (Å²) in [5, 5.41) is 2.64. The predicted molar refractivity (Wildman–Crippen MR) is 74.2 cm³/mol. The third-order valence-electron chi connectivity index (χ3n) is 3.58. The molecule has 2 rings (SSSR count). The minimum absolute atomic E-state index is 0.0605. The Kier molecular flexibility index (Phi) is 3.89. The highest BCUT2D eigenvalue weighted by molar-refractivity contribution is 9.10. The van der Waals surface area contributed by atoms with Crippen molar-refractivity contribution in [1.82, 2.24) is 15.2 Å². The summed E-state index contributed by atoms with van der Waals surface area (Å²) in [4.78, 5) is 29.9. The van der Waals surface area contributed by atoms with E-state index in [0.29, 0.717) is 13.0 Å². The SMILES string of the molecule is CCC1(C)C(=O)NCC(=O)N1Cc1ccc(Br)cn1. The van der Waals surface area contributed by atoms with Crippen molar-refractivity contribution in [2.24, 2.45) is 0 Å². The van der Waals surface area contributed by atoms with Crippen molar-refractivity contribution < 1.29 is 9.59 Å². The Balaban J connectivity index is 2.26. The maximum Gasteiger partial charge on any atom is 0.246 e. The number of pyridine rings is 1. The van der Waals surface area contributed by atoms with E-state index < -0.39 is 5.54 Å². The van der Waals surface area contributed by atoms with E-state index >= 15 is 0 Å². The Labute approximate surface area is 120 Å². The molecule has 0 saturated carbocycles. The van der Waals surface area contributed by atoms with E-state index in [1.54, 1.807) is 18.0 Å². The van der Waals surface area contributed by atoms with Crippen LogP contribution in [0.4, 0.5) is 0 Å². The lowest BCUT2D eigenvalue weighted by atomic mass is 9.92. The van der Waals surface area contributed by atoms with Crippen molar-refractivity contribution in [3.05, 3.63) is 28.5 Å². The Bertz CT molecular complexity index is 503. The molecule has 1 aromatic heterocycles. The summed E-state index contributed by atoms with van der Waals surface area (Å²) in [7, 11) is 0. The van der Waals surface area contributed by atoms with Gasteiger partial charge in [0.05, 0.1) is 18.8 Å². The quantitative estimate of drug-likeness (QED) is 0.915. The first-order valence-corrected chi connectivity index (χ1v) is 6.96. The van der Waals surface area contributed by atoms with Gasteiger partial charge in [0.2, 0.25) is 11.8 Å². The smallest absolute Gasteiger partial charge is 0.246 e. The van der Waals surface area contributed by atoms with Crippen molar-refractivity contribution in [2.45, 2.75) is 32.4 Å². The third-order valence-corrected chi connectivity index (χ3v) is 4.05. The molecule has 0 aromatic carbocycles. The molecule has 5 nitrogen and oxygen atoms in total. The van der Waals surface area contributed by atoms with E-state index in [1.807, 2.05) is 19.1 Å². The first-order valence-electron chi connectivity index (χ1n) is 6.16. The van der Waals surface area contributed by atoms with Gasteiger partial charge in [-0.3, -0.25) is 14.6 Å². The number of carbonyl (C=O) groups excluding carboxylic acids is 2. The lowest BCUT2D eigenvalue weighted by molar-refractivity contribution is -0.153. The van der Waals surface area contributed by atoms with Crippen LogP contribution in [0.2, 0.25) is 0 Å². The molecule has 0 aliphatic carbocycles. The van der Waals surface area contributed by atoms with Gasteiger partial charge in [0.1, 0.15) is 5.54 Å². The highest BCUT2D eigenvalue weighted by Gasteiger charge is 2.44. The first kappa shape index (κ1) is 14.0. The number of nitrogens with one attached hydrogen (secondary N) is 1. The average Bonchev–Trinajstić information content (AvgIpc) is 2.41. The number of carbonyl (C=O) groups is 2. The van der Waals surface area contributed by atoms with E-state index in [-0.39, 0.29) is 18.4 Å². The zero-order chi connectivity index (χ0) is 14.0. The molecule has 2 amide bonds. The molecule has 1 atom stereocenters. The molecule has 1 N–H and O–H groups in total. The molecule has 0 radical (unpaired) electrons. The summed E-state index contributed by atoms with van der Waals surface area (Å²) in [5.41, 5.74) is -0.0321. The van der Waals surface area contributed by atoms with Crippen LogP contribution in [0.5, 0.6) is 0 Å². The lowest BCUT2D eigenvalue weighted by Gasteiger charge is -2.42. The fourth-order valence-corrected chi connectivity index (χ4v) is 2.35. The molecule has 0 bridgehead atoms. The topological polar surface area (TPSA) is 62.3 Å². The highest BCUT2D eigenvalue weighted by atomic mass is 79.9. The van der Waals surface area contributed by atoms with Gasteiger partial charge >= 0.3 is 0 Å². The Morgan fingerprint density at radius 2 is 2.21 bits per heavy atom. The van der Waals surface area contributed by atoms with Crippen LogP contribution >= 0.6 is 15.9 Å². The van der Waals surface area contributed by atoms with E-state index in [4.69, 9.17) is 0 Å². The maximum absolute atomic E-state index is 12.1. The largest absolute Gasteiger partial charge is 0.345 e. The van der Waals surface area contributed by atoms with Gasteiger partial charge < -0.3 is 10.2 Å². The van der Waals surface area contributed by atoms with Crippen molar-refractivity contribution in [2.75, 3.05) is 6.54 Å². The van der Waals surface area contributed by atoms with Gasteiger partial charge in [0, 0.05) is 10.7 Å². The standard InChI is InChI=1S/C13H16BrN3O2/c1-3-13(2)12(19)16-7-11(18)17(13)8-10-5-4-9(14)6-15-10/h4-6H,3,7-8H2,1-2H3,(H,16,19). The van der Waals surface area contributed by atoms with Crippen LogP contribution in [0, 0.1) is 0 Å². The number of hydrogen-bond donors (Lipinski definition) is 1. The second-order valence-electron chi connectivity index (χ2n) is 4.76. The Morgan fingerprint density at radius 3 is 2.79 bits per heavy atom. The van der Waals surface area contributed by atoms with Crippen LogP contribution in [-0.2, 0) is 16.1 Å². The fraction of sp³-hybridized carbons (Fsp3) is 0.462. The van der Waals surface area contributed by atoms with E-state index in [0.717, 1.165) is 10.2 Å². The van der Waals surface area contributed by atoms with Crippen LogP contribution in [0.3, 0.4) is 0 Å². The van der Waals surface area contributed by atoms with Gasteiger partial charge in [-0.15, -0.1) is 0 Å². The number of nitrogens with zero attached hydrogens (tertiary/aromatic N) is 2. The number of halogens is 1. The molecule has 1 saturated heterocycles. The summed E-state index contributed by atoms with van der Waals surface area (Å²) in [5.74, 6) is -0.180. The molecule has 1 aliphatic heterocycles. The molecule has 0 spiro atoms. The summed E-state index contributed by atoms with van der Waals surface area (Å²) in [6, 6.07) is 3.72. The molecular weight excluding hydrogens is 310 g/mol. The van der Waals surface area contributed by atoms with Crippen molar-refractivity contribution >= 4 is 27.7 Å². The lowest BCUT2D eigenvalue weighted by Crippen LogP contribution is -2.65. The van der Waals surface area contributed by atoms with Gasteiger partial charge in [-0.25, -0.2) is 0 Å². The minimum atomic E-state index is -0.802. The van der Waals surface area contributed by atoms with Gasteiger partial charge in [-0.2, -0.15) is 0 Å². The molecule has 6 heteroatoms. The number of hydrogen-bond acceptors (Lipinski definition) is 3. The zero-order valence-corrected chi connectivity index (χ0v) is 12.5. The monoisotopic (exact) mass is 325 g/mol. The summed E-state index contributed by atoms with van der Waals surface area (Å²) in [6.45, 7) is 4.10. The minimum Gasteiger partial charge on any atom is -0.345 e.